The summed E-state index contributed by atoms with van der Waals surface area (Å²) in [4.78, 5) is 22.2. The first-order valence-corrected chi connectivity index (χ1v) is 11.3. The Balaban J connectivity index is 1.42. The number of ketones is 1. The summed E-state index contributed by atoms with van der Waals surface area (Å²) in [5, 5.41) is 5.16. The van der Waals surface area contributed by atoms with E-state index in [0.29, 0.717) is 35.1 Å². The summed E-state index contributed by atoms with van der Waals surface area (Å²) in [7, 11) is 3.25. The van der Waals surface area contributed by atoms with Crippen LogP contribution in [0.3, 0.4) is 0 Å². The standard InChI is InChI=1S/C24H22N4O3S/c1-30-17-8-9-18(22(12-17)31-2)16-10-20-19(21(29)11-16)13-28-23(25-20)26-24(27-28)32-14-15-6-4-3-5-7-15/h3-9,12-13,16H,10-11,14H2,1-2H3/t16-/m1/s1. The Morgan fingerprint density at radius 1 is 1.06 bits per heavy atom. The van der Waals surface area contributed by atoms with Gasteiger partial charge in [-0.15, -0.1) is 5.10 Å². The molecule has 2 aromatic heterocycles. The zero-order chi connectivity index (χ0) is 22.1. The SMILES string of the molecule is COc1ccc([C@H]2CC(=O)c3cn4nc(SCc5ccccc5)nc4nc3C2)c(OC)c1. The molecule has 0 spiro atoms. The number of ether oxygens (including phenoxy) is 2. The molecule has 7 nitrogen and oxygen atoms in total. The number of aromatic nitrogens is 4. The summed E-state index contributed by atoms with van der Waals surface area (Å²) in [6, 6.07) is 15.9. The smallest absolute Gasteiger partial charge is 0.253 e. The van der Waals surface area contributed by atoms with Gasteiger partial charge < -0.3 is 9.47 Å². The van der Waals surface area contributed by atoms with E-state index in [2.05, 4.69) is 22.2 Å². The van der Waals surface area contributed by atoms with Gasteiger partial charge in [0.15, 0.2) is 5.78 Å². The molecule has 0 saturated carbocycles. The van der Waals surface area contributed by atoms with Crippen LogP contribution in [0.25, 0.3) is 5.78 Å². The average Bonchev–Trinajstić information content (AvgIpc) is 3.23. The second-order valence-corrected chi connectivity index (χ2v) is 8.59. The molecule has 5 rings (SSSR count). The first-order chi connectivity index (χ1) is 15.6. The van der Waals surface area contributed by atoms with Crippen molar-refractivity contribution in [2.24, 2.45) is 0 Å². The first-order valence-electron chi connectivity index (χ1n) is 10.3. The lowest BCUT2D eigenvalue weighted by Gasteiger charge is -2.24. The molecular formula is C24H22N4O3S. The van der Waals surface area contributed by atoms with Crippen molar-refractivity contribution in [3.63, 3.8) is 0 Å². The fourth-order valence-corrected chi connectivity index (χ4v) is 4.80. The van der Waals surface area contributed by atoms with Crippen molar-refractivity contribution in [2.75, 3.05) is 14.2 Å². The molecule has 0 fully saturated rings. The molecule has 0 amide bonds. The van der Waals surface area contributed by atoms with Crippen LogP contribution in [0.5, 0.6) is 11.5 Å². The van der Waals surface area contributed by atoms with Crippen LogP contribution in [-0.2, 0) is 12.2 Å². The van der Waals surface area contributed by atoms with Crippen molar-refractivity contribution >= 4 is 23.3 Å². The van der Waals surface area contributed by atoms with Crippen LogP contribution in [0.4, 0.5) is 0 Å². The Morgan fingerprint density at radius 2 is 1.91 bits per heavy atom. The van der Waals surface area contributed by atoms with Crippen molar-refractivity contribution in [2.45, 2.75) is 29.7 Å². The maximum Gasteiger partial charge on any atom is 0.253 e. The molecule has 0 saturated heterocycles. The number of rotatable bonds is 6. The second-order valence-electron chi connectivity index (χ2n) is 7.65. The molecule has 4 aromatic rings. The topological polar surface area (TPSA) is 78.6 Å². The lowest BCUT2D eigenvalue weighted by Crippen LogP contribution is -2.21. The van der Waals surface area contributed by atoms with Gasteiger partial charge in [0.2, 0.25) is 5.16 Å². The van der Waals surface area contributed by atoms with Crippen LogP contribution in [0.2, 0.25) is 0 Å². The van der Waals surface area contributed by atoms with Gasteiger partial charge in [-0.05, 0) is 23.6 Å². The Morgan fingerprint density at radius 3 is 2.69 bits per heavy atom. The maximum atomic E-state index is 13.0. The van der Waals surface area contributed by atoms with Crippen LogP contribution in [0.15, 0.2) is 59.9 Å². The van der Waals surface area contributed by atoms with Gasteiger partial charge in [0.1, 0.15) is 11.5 Å². The highest BCUT2D eigenvalue weighted by atomic mass is 32.2. The molecule has 2 aromatic carbocycles. The van der Waals surface area contributed by atoms with Crippen molar-refractivity contribution in [3.05, 3.63) is 77.1 Å². The van der Waals surface area contributed by atoms with Crippen molar-refractivity contribution in [1.29, 1.82) is 0 Å². The molecule has 2 heterocycles. The van der Waals surface area contributed by atoms with Gasteiger partial charge in [-0.3, -0.25) is 4.79 Å². The Hall–Kier alpha value is -3.39. The predicted octanol–water partition coefficient (Wildman–Crippen LogP) is 4.35. The van der Waals surface area contributed by atoms with Gasteiger partial charge in [-0.25, -0.2) is 9.50 Å². The number of nitrogens with zero attached hydrogens (tertiary/aromatic N) is 4. The monoisotopic (exact) mass is 446 g/mol. The number of carbonyl (C=O) groups is 1. The number of carbonyl (C=O) groups excluding carboxylic acids is 1. The van der Waals surface area contributed by atoms with E-state index in [1.165, 1.54) is 5.56 Å². The van der Waals surface area contributed by atoms with Crippen molar-refractivity contribution in [1.82, 2.24) is 19.6 Å². The molecular weight excluding hydrogens is 424 g/mol. The Kier molecular flexibility index (Phi) is 5.53. The fraction of sp³-hybridized carbons (Fsp3) is 0.250. The molecule has 0 aliphatic heterocycles. The van der Waals surface area contributed by atoms with E-state index in [-0.39, 0.29) is 11.7 Å². The third-order valence-electron chi connectivity index (χ3n) is 5.65. The molecule has 1 atom stereocenters. The summed E-state index contributed by atoms with van der Waals surface area (Å²) >= 11 is 1.55. The van der Waals surface area contributed by atoms with E-state index >= 15 is 0 Å². The molecule has 162 valence electrons. The number of benzene rings is 2. The van der Waals surface area contributed by atoms with Gasteiger partial charge in [0, 0.05) is 30.4 Å². The molecule has 0 unspecified atom stereocenters. The zero-order valence-electron chi connectivity index (χ0n) is 17.8. The lowest BCUT2D eigenvalue weighted by molar-refractivity contribution is 0.0962. The second kappa shape index (κ2) is 8.63. The van der Waals surface area contributed by atoms with Crippen LogP contribution in [-0.4, -0.2) is 39.6 Å². The van der Waals surface area contributed by atoms with Crippen LogP contribution >= 0.6 is 11.8 Å². The van der Waals surface area contributed by atoms with Gasteiger partial charge in [0.05, 0.1) is 25.5 Å². The van der Waals surface area contributed by atoms with Crippen LogP contribution in [0.1, 0.15) is 39.5 Å². The largest absolute Gasteiger partial charge is 0.497 e. The fourth-order valence-electron chi connectivity index (χ4n) is 4.02. The summed E-state index contributed by atoms with van der Waals surface area (Å²) in [5.74, 6) is 2.76. The third kappa shape index (κ3) is 3.93. The number of hydrogen-bond donors (Lipinski definition) is 0. The number of fused-ring (bicyclic) bond motifs is 2. The lowest BCUT2D eigenvalue weighted by atomic mass is 9.82. The highest BCUT2D eigenvalue weighted by Gasteiger charge is 2.30. The summed E-state index contributed by atoms with van der Waals surface area (Å²) in [6.45, 7) is 0. The molecule has 8 heteroatoms. The van der Waals surface area contributed by atoms with E-state index in [4.69, 9.17) is 14.5 Å². The molecule has 0 N–H and O–H groups in total. The van der Waals surface area contributed by atoms with Crippen molar-refractivity contribution < 1.29 is 14.3 Å². The molecule has 0 bridgehead atoms. The molecule has 32 heavy (non-hydrogen) atoms. The van der Waals surface area contributed by atoms with E-state index in [1.807, 2.05) is 36.4 Å². The van der Waals surface area contributed by atoms with E-state index < -0.39 is 0 Å². The molecule has 1 aliphatic carbocycles. The number of Topliss-reactive ketones (excluding diaryl/α,β-unsaturated/α-hetero) is 1. The minimum atomic E-state index is -0.0133. The first kappa shape index (κ1) is 20.5. The summed E-state index contributed by atoms with van der Waals surface area (Å²) < 4.78 is 12.5. The van der Waals surface area contributed by atoms with Gasteiger partial charge >= 0.3 is 0 Å². The third-order valence-corrected chi connectivity index (χ3v) is 6.56. The molecule has 0 radical (unpaired) electrons. The number of methoxy groups -OCH3 is 2. The van der Waals surface area contributed by atoms with Crippen LogP contribution in [0, 0.1) is 0 Å². The number of thioether (sulfide) groups is 1. The average molecular weight is 447 g/mol. The quantitative estimate of drug-likeness (QED) is 0.408. The van der Waals surface area contributed by atoms with E-state index in [0.717, 1.165) is 22.8 Å². The van der Waals surface area contributed by atoms with E-state index in [9.17, 15) is 4.79 Å². The Bertz CT molecular complexity index is 1290. The van der Waals surface area contributed by atoms with E-state index in [1.54, 1.807) is 36.7 Å². The Labute approximate surface area is 189 Å². The number of hydrogen-bond acceptors (Lipinski definition) is 7. The minimum Gasteiger partial charge on any atom is -0.497 e. The highest BCUT2D eigenvalue weighted by Crippen LogP contribution is 2.38. The van der Waals surface area contributed by atoms with Gasteiger partial charge in [-0.1, -0.05) is 48.2 Å². The van der Waals surface area contributed by atoms with Crippen LogP contribution < -0.4 is 9.47 Å². The summed E-state index contributed by atoms with van der Waals surface area (Å²) in [6.07, 6.45) is 2.80. The maximum absolute atomic E-state index is 13.0. The van der Waals surface area contributed by atoms with Crippen molar-refractivity contribution in [3.8, 4) is 11.5 Å². The highest BCUT2D eigenvalue weighted by molar-refractivity contribution is 7.98. The van der Waals surface area contributed by atoms with Gasteiger partial charge in [0.25, 0.3) is 5.78 Å². The molecule has 1 aliphatic rings. The minimum absolute atomic E-state index is 0.0133. The predicted molar refractivity (Wildman–Crippen MR) is 122 cm³/mol. The van der Waals surface area contributed by atoms with Gasteiger partial charge in [-0.2, -0.15) is 4.98 Å². The normalized spacial score (nSPS) is 15.6. The summed E-state index contributed by atoms with van der Waals surface area (Å²) in [5.41, 5.74) is 3.55. The zero-order valence-corrected chi connectivity index (χ0v) is 18.6.